The number of imide groups is 1. The predicted octanol–water partition coefficient (Wildman–Crippen LogP) is 7.95. The molecule has 13 nitrogen and oxygen atoms in total. The lowest BCUT2D eigenvalue weighted by Crippen LogP contribution is -2.51. The van der Waals surface area contributed by atoms with Crippen molar-refractivity contribution in [1.82, 2.24) is 14.8 Å². The van der Waals surface area contributed by atoms with E-state index >= 15 is 0 Å². The molecule has 0 saturated heterocycles. The number of fused-ring (bicyclic) bond motifs is 2. The molecule has 5 rings (SSSR count). The van der Waals surface area contributed by atoms with Crippen LogP contribution in [0.5, 0.6) is 5.88 Å². The van der Waals surface area contributed by atoms with Crippen molar-refractivity contribution in [3.05, 3.63) is 72.1 Å². The third-order valence-electron chi connectivity index (χ3n) is 6.96. The standard InChI is InChI=1S/C37H41N5O8/c1-35(2,3)48-32(44)40-26-20-24-25(42(34(46)50-37(7,8)9)39-30(24)23-16-17-38-29(19-23)47-10)21-27(26)41(33(45)49-36(4,5)6)31(43)28(40)18-22-14-12-11-13-15-22/h11-21H,1-10H3/b28-18+. The van der Waals surface area contributed by atoms with Gasteiger partial charge in [0.15, 0.2) is 0 Å². The summed E-state index contributed by atoms with van der Waals surface area (Å²) in [5, 5.41) is 5.03. The first kappa shape index (κ1) is 35.6. The third kappa shape index (κ3) is 7.61. The van der Waals surface area contributed by atoms with Gasteiger partial charge in [-0.1, -0.05) is 30.3 Å². The fourth-order valence-corrected chi connectivity index (χ4v) is 5.10. The molecule has 1 aliphatic rings. The molecule has 0 radical (unpaired) electrons. The molecular weight excluding hydrogens is 642 g/mol. The predicted molar refractivity (Wildman–Crippen MR) is 188 cm³/mol. The second-order valence-corrected chi connectivity index (χ2v) is 14.6. The van der Waals surface area contributed by atoms with Gasteiger partial charge in [-0.25, -0.2) is 29.2 Å². The van der Waals surface area contributed by atoms with Crippen LogP contribution in [0.3, 0.4) is 0 Å². The number of benzene rings is 2. The Morgan fingerprint density at radius 2 is 1.28 bits per heavy atom. The number of hydrogen-bond acceptors (Lipinski definition) is 10. The Labute approximate surface area is 290 Å². The molecule has 4 aromatic rings. The van der Waals surface area contributed by atoms with Gasteiger partial charge in [-0.2, -0.15) is 9.78 Å². The zero-order chi connectivity index (χ0) is 36.8. The van der Waals surface area contributed by atoms with E-state index in [1.54, 1.807) is 105 Å². The van der Waals surface area contributed by atoms with Gasteiger partial charge in [-0.3, -0.25) is 4.79 Å². The first-order valence-corrected chi connectivity index (χ1v) is 15.9. The van der Waals surface area contributed by atoms with Crippen LogP contribution < -0.4 is 14.5 Å². The van der Waals surface area contributed by atoms with Crippen molar-refractivity contribution < 1.29 is 38.1 Å². The minimum atomic E-state index is -0.992. The van der Waals surface area contributed by atoms with Crippen molar-refractivity contribution in [2.24, 2.45) is 0 Å². The molecule has 0 aliphatic carbocycles. The molecule has 0 saturated carbocycles. The first-order chi connectivity index (χ1) is 23.3. The number of ether oxygens (including phenoxy) is 4. The molecule has 50 heavy (non-hydrogen) atoms. The highest BCUT2D eigenvalue weighted by molar-refractivity contribution is 6.30. The summed E-state index contributed by atoms with van der Waals surface area (Å²) in [5.41, 5.74) is -1.32. The minimum Gasteiger partial charge on any atom is -0.481 e. The average Bonchev–Trinajstić information content (AvgIpc) is 3.37. The van der Waals surface area contributed by atoms with Crippen LogP contribution in [-0.4, -0.2) is 62.9 Å². The molecule has 3 amide bonds. The van der Waals surface area contributed by atoms with Gasteiger partial charge < -0.3 is 18.9 Å². The van der Waals surface area contributed by atoms with Gasteiger partial charge in [0.2, 0.25) is 5.88 Å². The molecule has 1 aliphatic heterocycles. The highest BCUT2D eigenvalue weighted by atomic mass is 16.6. The Morgan fingerprint density at radius 1 is 0.720 bits per heavy atom. The van der Waals surface area contributed by atoms with E-state index in [0.717, 1.165) is 14.5 Å². The number of amides is 3. The molecule has 2 aromatic heterocycles. The Hall–Kier alpha value is -5.72. The molecule has 0 bridgehead atoms. The highest BCUT2D eigenvalue weighted by Crippen LogP contribution is 2.45. The van der Waals surface area contributed by atoms with Gasteiger partial charge in [-0.05, 0) is 92.2 Å². The molecule has 0 atom stereocenters. The second-order valence-electron chi connectivity index (χ2n) is 14.6. The third-order valence-corrected chi connectivity index (χ3v) is 6.96. The van der Waals surface area contributed by atoms with Crippen LogP contribution in [0.25, 0.3) is 28.2 Å². The quantitative estimate of drug-likeness (QED) is 0.154. The summed E-state index contributed by atoms with van der Waals surface area (Å²) in [7, 11) is 1.47. The van der Waals surface area contributed by atoms with Crippen LogP contribution >= 0.6 is 0 Å². The Bertz CT molecular complexity index is 2010. The van der Waals surface area contributed by atoms with E-state index in [4.69, 9.17) is 18.9 Å². The van der Waals surface area contributed by atoms with Crippen LogP contribution in [0, 0.1) is 0 Å². The van der Waals surface area contributed by atoms with Crippen molar-refractivity contribution in [1.29, 1.82) is 0 Å². The van der Waals surface area contributed by atoms with Crippen molar-refractivity contribution in [2.45, 2.75) is 79.1 Å². The molecular formula is C37H41N5O8. The van der Waals surface area contributed by atoms with Crippen molar-refractivity contribution in [3.63, 3.8) is 0 Å². The number of carbonyl (C=O) groups is 4. The molecule has 262 valence electrons. The number of pyridine rings is 1. The van der Waals surface area contributed by atoms with Crippen LogP contribution in [0.15, 0.2) is 66.5 Å². The lowest BCUT2D eigenvalue weighted by molar-refractivity contribution is -0.115. The van der Waals surface area contributed by atoms with Crippen LogP contribution in [0.4, 0.5) is 25.8 Å². The van der Waals surface area contributed by atoms with Crippen LogP contribution in [0.2, 0.25) is 0 Å². The summed E-state index contributed by atoms with van der Waals surface area (Å²) in [6, 6.07) is 15.2. The Balaban J connectivity index is 1.89. The van der Waals surface area contributed by atoms with Gasteiger partial charge >= 0.3 is 18.3 Å². The zero-order valence-corrected chi connectivity index (χ0v) is 29.9. The molecule has 0 unspecified atom stereocenters. The highest BCUT2D eigenvalue weighted by Gasteiger charge is 2.44. The maximum Gasteiger partial charge on any atom is 0.435 e. The maximum atomic E-state index is 14.5. The molecule has 0 N–H and O–H groups in total. The summed E-state index contributed by atoms with van der Waals surface area (Å²) in [6.45, 7) is 15.3. The van der Waals surface area contributed by atoms with E-state index in [0.29, 0.717) is 28.1 Å². The smallest absolute Gasteiger partial charge is 0.435 e. The van der Waals surface area contributed by atoms with E-state index in [-0.39, 0.29) is 22.6 Å². The summed E-state index contributed by atoms with van der Waals surface area (Å²) in [6.07, 6.45) is 0.351. The number of anilines is 2. The molecule has 0 spiro atoms. The largest absolute Gasteiger partial charge is 0.481 e. The van der Waals surface area contributed by atoms with E-state index in [2.05, 4.69) is 10.1 Å². The first-order valence-electron chi connectivity index (χ1n) is 15.9. The van der Waals surface area contributed by atoms with Crippen molar-refractivity contribution >= 4 is 52.5 Å². The van der Waals surface area contributed by atoms with Crippen molar-refractivity contribution in [2.75, 3.05) is 16.9 Å². The van der Waals surface area contributed by atoms with Gasteiger partial charge in [-0.15, -0.1) is 0 Å². The van der Waals surface area contributed by atoms with Crippen molar-refractivity contribution in [3.8, 4) is 17.1 Å². The Morgan fingerprint density at radius 3 is 1.86 bits per heavy atom. The summed E-state index contributed by atoms with van der Waals surface area (Å²) < 4.78 is 23.6. The number of nitrogens with zero attached hydrogens (tertiary/aromatic N) is 5. The van der Waals surface area contributed by atoms with Crippen LogP contribution in [-0.2, 0) is 19.0 Å². The molecule has 0 fully saturated rings. The second kappa shape index (κ2) is 13.0. The molecule has 2 aromatic carbocycles. The Kier molecular flexibility index (Phi) is 9.22. The number of hydrogen-bond donors (Lipinski definition) is 0. The lowest BCUT2D eigenvalue weighted by atomic mass is 10.0. The normalized spacial score (nSPS) is 14.4. The summed E-state index contributed by atoms with van der Waals surface area (Å²) in [5.74, 6) is -0.561. The number of methoxy groups -OCH3 is 1. The van der Waals surface area contributed by atoms with E-state index < -0.39 is 41.0 Å². The van der Waals surface area contributed by atoms with E-state index in [1.807, 2.05) is 6.07 Å². The van der Waals surface area contributed by atoms with E-state index in [1.165, 1.54) is 25.4 Å². The summed E-state index contributed by atoms with van der Waals surface area (Å²) in [4.78, 5) is 62.4. The van der Waals surface area contributed by atoms with E-state index in [9.17, 15) is 19.2 Å². The lowest BCUT2D eigenvalue weighted by Gasteiger charge is -2.37. The number of aromatic nitrogens is 3. The maximum absolute atomic E-state index is 14.5. The van der Waals surface area contributed by atoms with Gasteiger partial charge in [0.05, 0.1) is 24.0 Å². The average molecular weight is 684 g/mol. The van der Waals surface area contributed by atoms with Gasteiger partial charge in [0.1, 0.15) is 28.2 Å². The van der Waals surface area contributed by atoms with Gasteiger partial charge in [0, 0.05) is 23.2 Å². The topological polar surface area (TPSA) is 142 Å². The van der Waals surface area contributed by atoms with Gasteiger partial charge in [0.25, 0.3) is 5.91 Å². The minimum absolute atomic E-state index is 0.0450. The fourth-order valence-electron chi connectivity index (χ4n) is 5.10. The molecule has 13 heteroatoms. The molecule has 3 heterocycles. The van der Waals surface area contributed by atoms with Crippen LogP contribution in [0.1, 0.15) is 67.9 Å². The number of rotatable bonds is 3. The zero-order valence-electron chi connectivity index (χ0n) is 29.9. The fraction of sp³-hybridized carbons (Fsp3) is 0.351. The monoisotopic (exact) mass is 683 g/mol. The summed E-state index contributed by atoms with van der Waals surface area (Å²) >= 11 is 0. The SMILES string of the molecule is COc1cc(-c2nn(C(=O)OC(C)(C)C)c3cc4c(cc23)N(C(=O)OC(C)(C)C)/C(=C/c2ccccc2)C(=O)N4C(=O)OC(C)(C)C)ccn1. The number of carbonyl (C=O) groups excluding carboxylic acids is 4.